The van der Waals surface area contributed by atoms with Gasteiger partial charge in [-0.15, -0.1) is 0 Å². The molecule has 1 heterocycles. The minimum absolute atomic E-state index is 0.116. The smallest absolute Gasteiger partial charge is 0.125 e. The van der Waals surface area contributed by atoms with Gasteiger partial charge in [-0.1, -0.05) is 19.1 Å². The van der Waals surface area contributed by atoms with Crippen LogP contribution in [-0.4, -0.2) is 20.6 Å². The summed E-state index contributed by atoms with van der Waals surface area (Å²) in [5, 5.41) is 3.46. The zero-order valence-corrected chi connectivity index (χ0v) is 11.2. The SMILES string of the molecule is CCNC(c1cccc(N(C)C)c1)c1ccco1. The maximum absolute atomic E-state index is 5.53. The Hall–Kier alpha value is -1.74. The number of rotatable bonds is 5. The molecule has 18 heavy (non-hydrogen) atoms. The Morgan fingerprint density at radius 3 is 2.67 bits per heavy atom. The fourth-order valence-corrected chi connectivity index (χ4v) is 2.02. The van der Waals surface area contributed by atoms with Gasteiger partial charge in [-0.3, -0.25) is 0 Å². The van der Waals surface area contributed by atoms with Crippen LogP contribution in [0.15, 0.2) is 47.1 Å². The molecule has 1 aromatic heterocycles. The van der Waals surface area contributed by atoms with Crippen LogP contribution in [0.5, 0.6) is 0 Å². The largest absolute Gasteiger partial charge is 0.467 e. The summed E-state index contributed by atoms with van der Waals surface area (Å²) in [6.07, 6.45) is 1.72. The number of benzene rings is 1. The van der Waals surface area contributed by atoms with Crippen molar-refractivity contribution >= 4 is 5.69 Å². The Morgan fingerprint density at radius 1 is 1.22 bits per heavy atom. The van der Waals surface area contributed by atoms with E-state index in [9.17, 15) is 0 Å². The number of furan rings is 1. The van der Waals surface area contributed by atoms with E-state index in [4.69, 9.17) is 4.42 Å². The summed E-state index contributed by atoms with van der Waals surface area (Å²) in [6, 6.07) is 12.6. The quantitative estimate of drug-likeness (QED) is 0.876. The van der Waals surface area contributed by atoms with Crippen LogP contribution in [0.2, 0.25) is 0 Å². The van der Waals surface area contributed by atoms with E-state index >= 15 is 0 Å². The first kappa shape index (κ1) is 12.7. The number of nitrogens with one attached hydrogen (secondary N) is 1. The number of hydrogen-bond donors (Lipinski definition) is 1. The van der Waals surface area contributed by atoms with Crippen LogP contribution in [0.1, 0.15) is 24.3 Å². The topological polar surface area (TPSA) is 28.4 Å². The second-order valence-corrected chi connectivity index (χ2v) is 4.50. The van der Waals surface area contributed by atoms with Gasteiger partial charge in [0.1, 0.15) is 5.76 Å². The molecule has 3 nitrogen and oxygen atoms in total. The molecule has 96 valence electrons. The average molecular weight is 244 g/mol. The average Bonchev–Trinajstić information content (AvgIpc) is 2.89. The van der Waals surface area contributed by atoms with E-state index in [0.29, 0.717) is 0 Å². The molecule has 2 aromatic rings. The standard InChI is InChI=1S/C15H20N2O/c1-4-16-15(14-9-6-10-18-14)12-7-5-8-13(11-12)17(2)3/h5-11,15-16H,4H2,1-3H3. The predicted octanol–water partition coefficient (Wildman–Crippen LogP) is 3.04. The predicted molar refractivity (Wildman–Crippen MR) is 75.0 cm³/mol. The van der Waals surface area contributed by atoms with Gasteiger partial charge in [0, 0.05) is 19.8 Å². The van der Waals surface area contributed by atoms with E-state index in [1.807, 2.05) is 26.2 Å². The van der Waals surface area contributed by atoms with E-state index in [2.05, 4.69) is 41.4 Å². The van der Waals surface area contributed by atoms with Gasteiger partial charge >= 0.3 is 0 Å². The molecule has 0 fully saturated rings. The van der Waals surface area contributed by atoms with Gasteiger partial charge in [0.05, 0.1) is 12.3 Å². The summed E-state index contributed by atoms with van der Waals surface area (Å²) < 4.78 is 5.53. The second kappa shape index (κ2) is 5.74. The Balaban J connectivity index is 2.34. The van der Waals surface area contributed by atoms with Crippen molar-refractivity contribution in [2.75, 3.05) is 25.5 Å². The minimum atomic E-state index is 0.116. The lowest BCUT2D eigenvalue weighted by Gasteiger charge is -2.19. The third kappa shape index (κ3) is 2.74. The monoisotopic (exact) mass is 244 g/mol. The van der Waals surface area contributed by atoms with E-state index in [1.54, 1.807) is 6.26 Å². The summed E-state index contributed by atoms with van der Waals surface area (Å²) in [6.45, 7) is 3.00. The highest BCUT2D eigenvalue weighted by molar-refractivity contribution is 5.48. The lowest BCUT2D eigenvalue weighted by molar-refractivity contribution is 0.452. The van der Waals surface area contributed by atoms with Crippen LogP contribution in [0.4, 0.5) is 5.69 Å². The van der Waals surface area contributed by atoms with Gasteiger partial charge in [0.25, 0.3) is 0 Å². The summed E-state index contributed by atoms with van der Waals surface area (Å²) in [5.74, 6) is 0.952. The molecular weight excluding hydrogens is 224 g/mol. The molecule has 1 atom stereocenters. The van der Waals surface area contributed by atoms with Crippen LogP contribution in [-0.2, 0) is 0 Å². The summed E-state index contributed by atoms with van der Waals surface area (Å²) >= 11 is 0. The minimum Gasteiger partial charge on any atom is -0.467 e. The molecule has 0 spiro atoms. The van der Waals surface area contributed by atoms with Gasteiger partial charge in [-0.2, -0.15) is 0 Å². The van der Waals surface area contributed by atoms with Gasteiger partial charge in [0.15, 0.2) is 0 Å². The van der Waals surface area contributed by atoms with Crippen molar-refractivity contribution in [3.05, 3.63) is 54.0 Å². The summed E-state index contributed by atoms with van der Waals surface area (Å²) in [4.78, 5) is 2.11. The first-order chi connectivity index (χ1) is 8.72. The fourth-order valence-electron chi connectivity index (χ4n) is 2.02. The molecule has 1 aromatic carbocycles. The Bertz CT molecular complexity index is 477. The summed E-state index contributed by atoms with van der Waals surface area (Å²) in [5.41, 5.74) is 2.42. The Labute approximate surface area is 108 Å². The molecule has 0 bridgehead atoms. The van der Waals surface area contributed by atoms with E-state index in [1.165, 1.54) is 11.3 Å². The lowest BCUT2D eigenvalue weighted by Crippen LogP contribution is -2.22. The van der Waals surface area contributed by atoms with Gasteiger partial charge in [-0.25, -0.2) is 0 Å². The number of anilines is 1. The zero-order valence-electron chi connectivity index (χ0n) is 11.2. The molecule has 0 aliphatic heterocycles. The van der Waals surface area contributed by atoms with Crippen molar-refractivity contribution in [1.82, 2.24) is 5.32 Å². The first-order valence-corrected chi connectivity index (χ1v) is 6.26. The second-order valence-electron chi connectivity index (χ2n) is 4.50. The van der Waals surface area contributed by atoms with Crippen molar-refractivity contribution in [2.24, 2.45) is 0 Å². The maximum atomic E-state index is 5.53. The fraction of sp³-hybridized carbons (Fsp3) is 0.333. The molecule has 0 aliphatic carbocycles. The van der Waals surface area contributed by atoms with Gasteiger partial charge in [0.2, 0.25) is 0 Å². The highest BCUT2D eigenvalue weighted by Gasteiger charge is 2.15. The molecule has 3 heteroatoms. The highest BCUT2D eigenvalue weighted by Crippen LogP contribution is 2.25. The third-order valence-corrected chi connectivity index (χ3v) is 2.96. The van der Waals surface area contributed by atoms with E-state index < -0.39 is 0 Å². The molecule has 2 rings (SSSR count). The lowest BCUT2D eigenvalue weighted by atomic mass is 10.0. The number of hydrogen-bond acceptors (Lipinski definition) is 3. The first-order valence-electron chi connectivity index (χ1n) is 6.26. The zero-order chi connectivity index (χ0) is 13.0. The van der Waals surface area contributed by atoms with Crippen molar-refractivity contribution in [3.63, 3.8) is 0 Å². The van der Waals surface area contributed by atoms with E-state index in [0.717, 1.165) is 12.3 Å². The molecule has 0 radical (unpaired) electrons. The molecular formula is C15H20N2O. The molecule has 0 saturated carbocycles. The van der Waals surface area contributed by atoms with Crippen molar-refractivity contribution < 1.29 is 4.42 Å². The maximum Gasteiger partial charge on any atom is 0.125 e. The van der Waals surface area contributed by atoms with Crippen LogP contribution >= 0.6 is 0 Å². The van der Waals surface area contributed by atoms with Gasteiger partial charge < -0.3 is 14.6 Å². The van der Waals surface area contributed by atoms with Gasteiger partial charge in [-0.05, 0) is 36.4 Å². The number of nitrogens with zero attached hydrogens (tertiary/aromatic N) is 1. The summed E-state index contributed by atoms with van der Waals surface area (Å²) in [7, 11) is 4.10. The van der Waals surface area contributed by atoms with Crippen molar-refractivity contribution in [3.8, 4) is 0 Å². The molecule has 1 N–H and O–H groups in total. The van der Waals surface area contributed by atoms with Crippen molar-refractivity contribution in [2.45, 2.75) is 13.0 Å². The van der Waals surface area contributed by atoms with Crippen LogP contribution < -0.4 is 10.2 Å². The van der Waals surface area contributed by atoms with Crippen LogP contribution in [0.25, 0.3) is 0 Å². The normalized spacial score (nSPS) is 12.4. The molecule has 0 aliphatic rings. The molecule has 1 unspecified atom stereocenters. The van der Waals surface area contributed by atoms with E-state index in [-0.39, 0.29) is 6.04 Å². The Kier molecular flexibility index (Phi) is 4.05. The molecule has 0 saturated heterocycles. The van der Waals surface area contributed by atoms with Crippen LogP contribution in [0.3, 0.4) is 0 Å². The third-order valence-electron chi connectivity index (χ3n) is 2.96. The highest BCUT2D eigenvalue weighted by atomic mass is 16.3. The molecule has 0 amide bonds. The Morgan fingerprint density at radius 2 is 2.06 bits per heavy atom. The van der Waals surface area contributed by atoms with Crippen molar-refractivity contribution in [1.29, 1.82) is 0 Å². The van der Waals surface area contributed by atoms with Crippen LogP contribution in [0, 0.1) is 0 Å².